The fraction of sp³-hybridized carbons (Fsp3) is 0.364. The first-order valence-corrected chi connectivity index (χ1v) is 9.18. The molecule has 26 heavy (non-hydrogen) atoms. The highest BCUT2D eigenvalue weighted by Gasteiger charge is 2.15. The Morgan fingerprint density at radius 3 is 2.58 bits per heavy atom. The number of aryl methyl sites for hydroxylation is 2. The highest BCUT2D eigenvalue weighted by Crippen LogP contribution is 2.25. The van der Waals surface area contributed by atoms with E-state index in [0.717, 1.165) is 18.4 Å². The van der Waals surface area contributed by atoms with Gasteiger partial charge in [-0.2, -0.15) is 0 Å². The second-order valence-electron chi connectivity index (χ2n) is 6.87. The summed E-state index contributed by atoms with van der Waals surface area (Å²) in [6, 6.07) is 13.4. The van der Waals surface area contributed by atoms with Crippen molar-refractivity contribution in [2.75, 3.05) is 6.61 Å². The maximum atomic E-state index is 12.2. The third-order valence-corrected chi connectivity index (χ3v) is 4.88. The average Bonchev–Trinajstić information content (AvgIpc) is 2.66. The molecular weight excluding hydrogens is 326 g/mol. The molecule has 2 aromatic rings. The smallest absolute Gasteiger partial charge is 0.258 e. The predicted molar refractivity (Wildman–Crippen MR) is 102 cm³/mol. The molecule has 3 rings (SSSR count). The van der Waals surface area contributed by atoms with E-state index in [4.69, 9.17) is 4.74 Å². The van der Waals surface area contributed by atoms with Crippen LogP contribution in [0.3, 0.4) is 0 Å². The van der Waals surface area contributed by atoms with Gasteiger partial charge >= 0.3 is 0 Å². The summed E-state index contributed by atoms with van der Waals surface area (Å²) in [6.07, 6.45) is 4.77. The van der Waals surface area contributed by atoms with Crippen LogP contribution >= 0.6 is 0 Å². The first kappa shape index (κ1) is 18.2. The lowest BCUT2D eigenvalue weighted by Gasteiger charge is -2.20. The van der Waals surface area contributed by atoms with Crippen LogP contribution in [0.5, 0.6) is 5.75 Å². The first-order chi connectivity index (χ1) is 12.5. The molecule has 0 aliphatic heterocycles. The summed E-state index contributed by atoms with van der Waals surface area (Å²) in [5.74, 6) is 0.161. The van der Waals surface area contributed by atoms with E-state index < -0.39 is 0 Å². The van der Waals surface area contributed by atoms with Crippen LogP contribution in [0.25, 0.3) is 0 Å². The van der Waals surface area contributed by atoms with Crippen molar-refractivity contribution in [3.05, 3.63) is 64.7 Å². The van der Waals surface area contributed by atoms with E-state index in [-0.39, 0.29) is 24.3 Å². The number of amides is 1. The monoisotopic (exact) mass is 351 g/mol. The van der Waals surface area contributed by atoms with Gasteiger partial charge in [-0.15, -0.1) is 0 Å². The molecule has 0 radical (unpaired) electrons. The molecule has 136 valence electrons. The third-order valence-electron chi connectivity index (χ3n) is 4.88. The molecule has 1 amide bonds. The minimum absolute atomic E-state index is 0.0802. The second kappa shape index (κ2) is 8.17. The number of para-hydroxylation sites is 1. The summed E-state index contributed by atoms with van der Waals surface area (Å²) in [5.41, 5.74) is 4.44. The highest BCUT2D eigenvalue weighted by molar-refractivity contribution is 5.96. The minimum Gasteiger partial charge on any atom is -0.483 e. The zero-order valence-corrected chi connectivity index (χ0v) is 15.4. The summed E-state index contributed by atoms with van der Waals surface area (Å²) < 4.78 is 5.55. The highest BCUT2D eigenvalue weighted by atomic mass is 16.5. The van der Waals surface area contributed by atoms with E-state index in [0.29, 0.717) is 11.3 Å². The van der Waals surface area contributed by atoms with Crippen LogP contribution in [0.2, 0.25) is 0 Å². The topological polar surface area (TPSA) is 55.4 Å². The molecule has 1 aliphatic rings. The van der Waals surface area contributed by atoms with E-state index in [1.807, 2.05) is 6.92 Å². The standard InChI is InChI=1S/C22H25NO3/c1-15(18-12-11-17-7-3-4-8-19(17)13-18)23-22(25)14-26-21-10-6-5-9-20(21)16(2)24/h5-6,9-13,15H,3-4,7-8,14H2,1-2H3,(H,23,25)/t15-/m1/s1. The summed E-state index contributed by atoms with van der Waals surface area (Å²) in [6.45, 7) is 3.35. The Morgan fingerprint density at radius 1 is 1.08 bits per heavy atom. The lowest BCUT2D eigenvalue weighted by atomic mass is 9.89. The molecule has 0 aromatic heterocycles. The first-order valence-electron chi connectivity index (χ1n) is 9.18. The zero-order valence-electron chi connectivity index (χ0n) is 15.4. The molecule has 2 aromatic carbocycles. The Morgan fingerprint density at radius 2 is 1.81 bits per heavy atom. The van der Waals surface area contributed by atoms with Crippen molar-refractivity contribution in [2.45, 2.75) is 45.6 Å². The molecule has 1 N–H and O–H groups in total. The summed E-state index contributed by atoms with van der Waals surface area (Å²) >= 11 is 0. The number of carbonyl (C=O) groups is 2. The molecule has 0 saturated heterocycles. The Bertz CT molecular complexity index is 813. The molecule has 1 atom stereocenters. The van der Waals surface area contributed by atoms with Crippen molar-refractivity contribution in [2.24, 2.45) is 0 Å². The van der Waals surface area contributed by atoms with Gasteiger partial charge < -0.3 is 10.1 Å². The Balaban J connectivity index is 1.59. The number of nitrogens with one attached hydrogen (secondary N) is 1. The number of carbonyl (C=O) groups excluding carboxylic acids is 2. The number of hydrogen-bond acceptors (Lipinski definition) is 3. The quantitative estimate of drug-likeness (QED) is 0.800. The number of rotatable bonds is 6. The van der Waals surface area contributed by atoms with Gasteiger partial charge in [-0.3, -0.25) is 9.59 Å². The van der Waals surface area contributed by atoms with Gasteiger partial charge in [0.25, 0.3) is 5.91 Å². The Kier molecular flexibility index (Phi) is 5.71. The summed E-state index contributed by atoms with van der Waals surface area (Å²) in [7, 11) is 0. The van der Waals surface area contributed by atoms with Gasteiger partial charge in [0.1, 0.15) is 5.75 Å². The lowest BCUT2D eigenvalue weighted by molar-refractivity contribution is -0.123. The van der Waals surface area contributed by atoms with Gasteiger partial charge in [0.2, 0.25) is 0 Å². The number of fused-ring (bicyclic) bond motifs is 1. The maximum absolute atomic E-state index is 12.2. The molecule has 4 heteroatoms. The number of ether oxygens (including phenoxy) is 1. The fourth-order valence-electron chi connectivity index (χ4n) is 3.42. The largest absolute Gasteiger partial charge is 0.483 e. The van der Waals surface area contributed by atoms with Crippen molar-refractivity contribution in [3.8, 4) is 5.75 Å². The van der Waals surface area contributed by atoms with Crippen LogP contribution in [0.1, 0.15) is 59.8 Å². The molecule has 0 spiro atoms. The molecule has 4 nitrogen and oxygen atoms in total. The molecule has 0 bridgehead atoms. The number of Topliss-reactive ketones (excluding diaryl/α,β-unsaturated/α-hetero) is 1. The molecular formula is C22H25NO3. The van der Waals surface area contributed by atoms with E-state index in [1.54, 1.807) is 24.3 Å². The molecule has 0 heterocycles. The van der Waals surface area contributed by atoms with Gasteiger partial charge in [-0.1, -0.05) is 30.3 Å². The van der Waals surface area contributed by atoms with Gasteiger partial charge in [0.15, 0.2) is 12.4 Å². The number of hydrogen-bond donors (Lipinski definition) is 1. The van der Waals surface area contributed by atoms with Crippen LogP contribution in [-0.4, -0.2) is 18.3 Å². The molecule has 0 saturated carbocycles. The lowest BCUT2D eigenvalue weighted by Crippen LogP contribution is -2.31. The second-order valence-corrected chi connectivity index (χ2v) is 6.87. The van der Waals surface area contributed by atoms with E-state index >= 15 is 0 Å². The Hall–Kier alpha value is -2.62. The van der Waals surface area contributed by atoms with E-state index in [9.17, 15) is 9.59 Å². The van der Waals surface area contributed by atoms with Crippen molar-refractivity contribution < 1.29 is 14.3 Å². The minimum atomic E-state index is -0.200. The van der Waals surface area contributed by atoms with Crippen molar-refractivity contribution in [1.29, 1.82) is 0 Å². The van der Waals surface area contributed by atoms with E-state index in [2.05, 4.69) is 23.5 Å². The van der Waals surface area contributed by atoms with Crippen LogP contribution in [0.15, 0.2) is 42.5 Å². The normalized spacial score (nSPS) is 14.2. The van der Waals surface area contributed by atoms with Crippen LogP contribution in [0.4, 0.5) is 0 Å². The van der Waals surface area contributed by atoms with Gasteiger partial charge in [-0.05, 0) is 68.4 Å². The number of benzene rings is 2. The Labute approximate surface area is 154 Å². The third kappa shape index (κ3) is 4.31. The molecule has 1 aliphatic carbocycles. The average molecular weight is 351 g/mol. The maximum Gasteiger partial charge on any atom is 0.258 e. The van der Waals surface area contributed by atoms with Crippen LogP contribution < -0.4 is 10.1 Å². The molecule has 0 unspecified atom stereocenters. The fourth-order valence-corrected chi connectivity index (χ4v) is 3.42. The predicted octanol–water partition coefficient (Wildman–Crippen LogP) is 4.02. The van der Waals surface area contributed by atoms with Crippen molar-refractivity contribution in [3.63, 3.8) is 0 Å². The van der Waals surface area contributed by atoms with Crippen LogP contribution in [-0.2, 0) is 17.6 Å². The summed E-state index contributed by atoms with van der Waals surface area (Å²) in [4.78, 5) is 23.9. The zero-order chi connectivity index (χ0) is 18.5. The number of ketones is 1. The van der Waals surface area contributed by atoms with Crippen LogP contribution in [0, 0.1) is 0 Å². The van der Waals surface area contributed by atoms with Gasteiger partial charge in [-0.25, -0.2) is 0 Å². The van der Waals surface area contributed by atoms with Gasteiger partial charge in [0.05, 0.1) is 11.6 Å². The molecule has 0 fully saturated rings. The SMILES string of the molecule is CC(=O)c1ccccc1OCC(=O)N[C@H](C)c1ccc2c(c1)CCCC2. The van der Waals surface area contributed by atoms with Gasteiger partial charge in [0, 0.05) is 0 Å². The van der Waals surface area contributed by atoms with Crippen molar-refractivity contribution in [1.82, 2.24) is 5.32 Å². The summed E-state index contributed by atoms with van der Waals surface area (Å²) in [5, 5.41) is 2.97. The van der Waals surface area contributed by atoms with Crippen molar-refractivity contribution >= 4 is 11.7 Å². The van der Waals surface area contributed by atoms with E-state index in [1.165, 1.54) is 30.9 Å².